The zero-order chi connectivity index (χ0) is 40.5. The monoisotopic (exact) mass is 793 g/mol. The van der Waals surface area contributed by atoms with E-state index in [-0.39, 0.29) is 12.2 Å². The van der Waals surface area contributed by atoms with Crippen molar-refractivity contribution in [2.45, 2.75) is 289 Å². The Kier molecular flexibility index (Phi) is 39.9. The molecule has 5 nitrogen and oxygen atoms in total. The van der Waals surface area contributed by atoms with Crippen LogP contribution in [0.2, 0.25) is 0 Å². The zero-order valence-electron chi connectivity index (χ0n) is 39.0. The number of rotatable bonds is 46. The van der Waals surface area contributed by atoms with E-state index in [2.05, 4.69) is 32.8 Å². The lowest BCUT2D eigenvalue weighted by molar-refractivity contribution is -0.188. The molecule has 2 unspecified atom stereocenters. The Bertz CT molecular complexity index is 727. The molecule has 1 saturated heterocycles. The van der Waals surface area contributed by atoms with Crippen LogP contribution < -0.4 is 5.73 Å². The molecule has 2 N–H and O–H groups in total. The molecule has 0 aliphatic carbocycles. The van der Waals surface area contributed by atoms with E-state index < -0.39 is 5.79 Å². The third kappa shape index (κ3) is 33.6. The van der Waals surface area contributed by atoms with Crippen molar-refractivity contribution in [2.75, 3.05) is 40.4 Å². The molecule has 0 aromatic rings. The van der Waals surface area contributed by atoms with Crippen LogP contribution in [0.15, 0.2) is 0 Å². The highest BCUT2D eigenvalue weighted by Gasteiger charge is 2.46. The number of ether oxygens (including phenoxy) is 3. The van der Waals surface area contributed by atoms with E-state index in [4.69, 9.17) is 19.9 Å². The lowest BCUT2D eigenvalue weighted by atomic mass is 9.98. The highest BCUT2D eigenvalue weighted by Crippen LogP contribution is 2.40. The molecule has 0 amide bonds. The van der Waals surface area contributed by atoms with Crippen molar-refractivity contribution in [3.8, 4) is 0 Å². The van der Waals surface area contributed by atoms with Crippen LogP contribution in [0.4, 0.5) is 0 Å². The first-order chi connectivity index (χ1) is 27.6. The summed E-state index contributed by atoms with van der Waals surface area (Å²) in [4.78, 5) is 2.30. The first-order valence-corrected chi connectivity index (χ1v) is 25.8. The summed E-state index contributed by atoms with van der Waals surface area (Å²) in [6.07, 6.45) is 54.1. The largest absolute Gasteiger partial charge is 0.381 e. The number of nitrogens with zero attached hydrogens (tertiary/aromatic N) is 1. The standard InChI is InChI=1S/C51H104N2O3/c1-5-7-9-11-13-15-17-19-21-23-25-27-29-31-33-37-43-51(44-38-34-32-30-28-26-24-22-20-18-16-14-12-10-8-6-2)55-49(41-46-53(3)4)50(56-51)42-48-54-47-40-36-35-39-45-52/h49-50H,5-48,52H2,1-4H3. The Morgan fingerprint density at radius 3 is 1.09 bits per heavy atom. The predicted octanol–water partition coefficient (Wildman–Crippen LogP) is 15.6. The molecule has 1 aliphatic rings. The summed E-state index contributed by atoms with van der Waals surface area (Å²) in [5, 5.41) is 0. The van der Waals surface area contributed by atoms with Crippen molar-refractivity contribution in [3.05, 3.63) is 0 Å². The van der Waals surface area contributed by atoms with Gasteiger partial charge in [0, 0.05) is 32.6 Å². The molecule has 1 aliphatic heterocycles. The number of unbranched alkanes of at least 4 members (excludes halogenated alkanes) is 33. The van der Waals surface area contributed by atoms with Gasteiger partial charge >= 0.3 is 0 Å². The molecule has 0 saturated carbocycles. The topological polar surface area (TPSA) is 57.0 Å². The van der Waals surface area contributed by atoms with Crippen LogP contribution in [-0.2, 0) is 14.2 Å². The average molecular weight is 793 g/mol. The van der Waals surface area contributed by atoms with E-state index in [1.54, 1.807) is 0 Å². The third-order valence-corrected chi connectivity index (χ3v) is 12.6. The fourth-order valence-electron chi connectivity index (χ4n) is 8.86. The highest BCUT2D eigenvalue weighted by atomic mass is 16.8. The van der Waals surface area contributed by atoms with Gasteiger partial charge in [-0.25, -0.2) is 0 Å². The van der Waals surface area contributed by atoms with Crippen LogP contribution in [0.1, 0.15) is 271 Å². The minimum absolute atomic E-state index is 0.148. The highest BCUT2D eigenvalue weighted by molar-refractivity contribution is 4.87. The molecule has 56 heavy (non-hydrogen) atoms. The fourth-order valence-corrected chi connectivity index (χ4v) is 8.86. The summed E-state index contributed by atoms with van der Waals surface area (Å²) in [6, 6.07) is 0. The molecule has 0 spiro atoms. The summed E-state index contributed by atoms with van der Waals surface area (Å²) in [7, 11) is 4.36. The second-order valence-electron chi connectivity index (χ2n) is 18.5. The molecule has 2 atom stereocenters. The smallest absolute Gasteiger partial charge is 0.169 e. The number of hydrogen-bond acceptors (Lipinski definition) is 5. The summed E-state index contributed by atoms with van der Waals surface area (Å²) < 4.78 is 20.3. The van der Waals surface area contributed by atoms with E-state index in [9.17, 15) is 0 Å². The molecule has 5 heteroatoms. The normalized spacial score (nSPS) is 16.8. The Balaban J connectivity index is 2.43. The zero-order valence-corrected chi connectivity index (χ0v) is 39.0. The van der Waals surface area contributed by atoms with Crippen LogP contribution >= 0.6 is 0 Å². The molecule has 1 heterocycles. The summed E-state index contributed by atoms with van der Waals surface area (Å²) in [5.41, 5.74) is 5.67. The molecular weight excluding hydrogens is 689 g/mol. The van der Waals surface area contributed by atoms with Crippen molar-refractivity contribution >= 4 is 0 Å². The lowest BCUT2D eigenvalue weighted by Gasteiger charge is -2.29. The van der Waals surface area contributed by atoms with E-state index >= 15 is 0 Å². The maximum absolute atomic E-state index is 7.07. The molecular formula is C51H104N2O3. The molecule has 0 radical (unpaired) electrons. The minimum Gasteiger partial charge on any atom is -0.381 e. The van der Waals surface area contributed by atoms with E-state index in [0.717, 1.165) is 64.8 Å². The summed E-state index contributed by atoms with van der Waals surface area (Å²) in [5.74, 6) is -0.393. The predicted molar refractivity (Wildman–Crippen MR) is 247 cm³/mol. The van der Waals surface area contributed by atoms with E-state index in [1.165, 1.54) is 218 Å². The van der Waals surface area contributed by atoms with Gasteiger partial charge in [-0.1, -0.05) is 219 Å². The van der Waals surface area contributed by atoms with Gasteiger partial charge < -0.3 is 24.8 Å². The fraction of sp³-hybridized carbons (Fsp3) is 1.00. The van der Waals surface area contributed by atoms with Crippen molar-refractivity contribution in [1.82, 2.24) is 4.90 Å². The second-order valence-corrected chi connectivity index (χ2v) is 18.5. The first-order valence-electron chi connectivity index (χ1n) is 25.8. The van der Waals surface area contributed by atoms with Gasteiger partial charge in [0.15, 0.2) is 5.79 Å². The van der Waals surface area contributed by atoms with E-state index in [0.29, 0.717) is 0 Å². The third-order valence-electron chi connectivity index (χ3n) is 12.6. The summed E-state index contributed by atoms with van der Waals surface area (Å²) in [6.45, 7) is 8.09. The SMILES string of the molecule is CCCCCCCCCCCCCCCCCCC1(CCCCCCCCCCCCCCCCCC)OC(CCOCCCCCCN)C(CCN(C)C)O1. The van der Waals surface area contributed by atoms with Crippen molar-refractivity contribution in [3.63, 3.8) is 0 Å². The summed E-state index contributed by atoms with van der Waals surface area (Å²) >= 11 is 0. The molecule has 0 aromatic heterocycles. The van der Waals surface area contributed by atoms with Gasteiger partial charge in [-0.3, -0.25) is 0 Å². The maximum Gasteiger partial charge on any atom is 0.169 e. The second kappa shape index (κ2) is 41.5. The lowest BCUT2D eigenvalue weighted by Crippen LogP contribution is -2.31. The van der Waals surface area contributed by atoms with Gasteiger partial charge in [0.2, 0.25) is 0 Å². The van der Waals surface area contributed by atoms with Crippen LogP contribution in [0, 0.1) is 0 Å². The Morgan fingerprint density at radius 2 is 0.732 bits per heavy atom. The average Bonchev–Trinajstić information content (AvgIpc) is 3.54. The minimum atomic E-state index is -0.393. The van der Waals surface area contributed by atoms with Crippen molar-refractivity contribution < 1.29 is 14.2 Å². The number of nitrogens with two attached hydrogens (primary N) is 1. The Hall–Kier alpha value is -0.200. The van der Waals surface area contributed by atoms with Gasteiger partial charge in [-0.15, -0.1) is 0 Å². The van der Waals surface area contributed by atoms with Crippen LogP contribution in [0.5, 0.6) is 0 Å². The quantitative estimate of drug-likeness (QED) is 0.0622. The van der Waals surface area contributed by atoms with Gasteiger partial charge in [-0.05, 0) is 59.2 Å². The first kappa shape index (κ1) is 53.8. The molecule has 0 bridgehead atoms. The molecule has 1 fully saturated rings. The van der Waals surface area contributed by atoms with Gasteiger partial charge in [0.1, 0.15) is 0 Å². The van der Waals surface area contributed by atoms with E-state index in [1.807, 2.05) is 0 Å². The van der Waals surface area contributed by atoms with Gasteiger partial charge in [0.25, 0.3) is 0 Å². The Labute approximate surface area is 352 Å². The molecule has 336 valence electrons. The van der Waals surface area contributed by atoms with Crippen LogP contribution in [0.3, 0.4) is 0 Å². The Morgan fingerprint density at radius 1 is 0.411 bits per heavy atom. The maximum atomic E-state index is 7.07. The van der Waals surface area contributed by atoms with Gasteiger partial charge in [-0.2, -0.15) is 0 Å². The van der Waals surface area contributed by atoms with Crippen molar-refractivity contribution in [1.29, 1.82) is 0 Å². The van der Waals surface area contributed by atoms with Gasteiger partial charge in [0.05, 0.1) is 12.2 Å². The number of hydrogen-bond donors (Lipinski definition) is 1. The molecule has 1 rings (SSSR count). The van der Waals surface area contributed by atoms with Crippen LogP contribution in [0.25, 0.3) is 0 Å². The molecule has 0 aromatic carbocycles. The van der Waals surface area contributed by atoms with Crippen LogP contribution in [-0.4, -0.2) is 63.3 Å². The van der Waals surface area contributed by atoms with Crippen molar-refractivity contribution in [2.24, 2.45) is 5.73 Å².